The number of nitrogens with two attached hydrogens (primary N) is 1. The molecule has 3 N–H and O–H groups in total. The average molecular weight is 181 g/mol. The van der Waals surface area contributed by atoms with Crippen LogP contribution in [-0.4, -0.2) is 18.6 Å². The Balaban J connectivity index is 0.000001000. The van der Waals surface area contributed by atoms with Crippen molar-refractivity contribution in [3.05, 3.63) is 0 Å². The molecule has 0 radical (unpaired) electrons. The van der Waals surface area contributed by atoms with Crippen molar-refractivity contribution >= 4 is 18.3 Å². The van der Waals surface area contributed by atoms with E-state index < -0.39 is 0 Å². The molecule has 0 heterocycles. The van der Waals surface area contributed by atoms with Crippen LogP contribution in [0.1, 0.15) is 13.3 Å². The highest BCUT2D eigenvalue weighted by atomic mass is 35.5. The van der Waals surface area contributed by atoms with E-state index >= 15 is 0 Å². The molecule has 0 aromatic heterocycles. The van der Waals surface area contributed by atoms with Crippen molar-refractivity contribution in [1.29, 1.82) is 0 Å². The molecule has 1 aliphatic rings. The van der Waals surface area contributed by atoms with E-state index in [1.54, 1.807) is 0 Å². The lowest BCUT2D eigenvalue weighted by molar-refractivity contribution is -0.123. The summed E-state index contributed by atoms with van der Waals surface area (Å²) in [5.74, 6) is 4.81. The van der Waals surface area contributed by atoms with Crippen molar-refractivity contribution in [2.45, 2.75) is 19.4 Å². The second kappa shape index (κ2) is 4.54. The van der Waals surface area contributed by atoms with Crippen LogP contribution in [0.25, 0.3) is 0 Å². The van der Waals surface area contributed by atoms with Crippen molar-refractivity contribution in [1.82, 2.24) is 5.43 Å². The van der Waals surface area contributed by atoms with Gasteiger partial charge in [0.2, 0.25) is 5.91 Å². The molecule has 1 aliphatic carbocycles. The second-order valence-corrected chi connectivity index (χ2v) is 2.34. The number of ether oxygens (including phenoxy) is 1. The number of hydrogen-bond acceptors (Lipinski definition) is 3. The van der Waals surface area contributed by atoms with Crippen LogP contribution in [-0.2, 0) is 9.53 Å². The quantitative estimate of drug-likeness (QED) is 0.360. The van der Waals surface area contributed by atoms with Crippen LogP contribution in [0.3, 0.4) is 0 Å². The summed E-state index contributed by atoms with van der Waals surface area (Å²) in [6, 6.07) is 0. The number of carbonyl (C=O) groups excluding carboxylic acids is 1. The van der Waals surface area contributed by atoms with Gasteiger partial charge in [-0.05, 0) is 13.3 Å². The van der Waals surface area contributed by atoms with Crippen molar-refractivity contribution in [2.75, 3.05) is 6.61 Å². The van der Waals surface area contributed by atoms with Gasteiger partial charge >= 0.3 is 0 Å². The predicted octanol–water partition coefficient (Wildman–Crippen LogP) is -0.177. The Morgan fingerprint density at radius 3 is 2.91 bits per heavy atom. The maximum absolute atomic E-state index is 10.7. The van der Waals surface area contributed by atoms with E-state index in [9.17, 15) is 4.79 Å². The van der Waals surface area contributed by atoms with Crippen LogP contribution in [0.15, 0.2) is 0 Å². The monoisotopic (exact) mass is 180 g/mol. The zero-order valence-corrected chi connectivity index (χ0v) is 7.19. The van der Waals surface area contributed by atoms with Gasteiger partial charge in [-0.2, -0.15) is 0 Å². The lowest BCUT2D eigenvalue weighted by atomic mass is 10.4. The van der Waals surface area contributed by atoms with Crippen LogP contribution in [0.2, 0.25) is 0 Å². The fraction of sp³-hybridized carbons (Fsp3) is 0.833. The summed E-state index contributed by atoms with van der Waals surface area (Å²) in [5.41, 5.74) is 2.10. The van der Waals surface area contributed by atoms with Gasteiger partial charge in [-0.3, -0.25) is 10.2 Å². The number of hydrogen-bond donors (Lipinski definition) is 2. The van der Waals surface area contributed by atoms with Crippen LogP contribution < -0.4 is 11.3 Å². The minimum atomic E-state index is -0.113. The molecule has 1 rings (SSSR count). The molecular formula is C6H13ClN2O2. The third-order valence-electron chi connectivity index (χ3n) is 1.59. The summed E-state index contributed by atoms with van der Waals surface area (Å²) in [6.45, 7) is 2.58. The molecule has 2 atom stereocenters. The molecular weight excluding hydrogens is 168 g/mol. The molecule has 0 aromatic carbocycles. The molecule has 4 nitrogen and oxygen atoms in total. The van der Waals surface area contributed by atoms with Gasteiger partial charge in [0.1, 0.15) is 0 Å². The van der Waals surface area contributed by atoms with Gasteiger partial charge in [0.05, 0.1) is 12.0 Å². The van der Waals surface area contributed by atoms with Gasteiger partial charge < -0.3 is 4.74 Å². The second-order valence-electron chi connectivity index (χ2n) is 2.34. The van der Waals surface area contributed by atoms with Gasteiger partial charge in [-0.25, -0.2) is 5.84 Å². The SMILES string of the molecule is CCOC1CC1C(=O)NN.Cl. The summed E-state index contributed by atoms with van der Waals surface area (Å²) in [7, 11) is 0. The molecule has 5 heteroatoms. The summed E-state index contributed by atoms with van der Waals surface area (Å²) < 4.78 is 5.17. The Morgan fingerprint density at radius 1 is 1.82 bits per heavy atom. The first-order chi connectivity index (χ1) is 4.79. The fourth-order valence-corrected chi connectivity index (χ4v) is 0.953. The minimum Gasteiger partial charge on any atom is -0.378 e. The number of halogens is 1. The predicted molar refractivity (Wildman–Crippen MR) is 43.1 cm³/mol. The summed E-state index contributed by atoms with van der Waals surface area (Å²) in [5, 5.41) is 0. The van der Waals surface area contributed by atoms with Crippen molar-refractivity contribution in [2.24, 2.45) is 11.8 Å². The Hall–Kier alpha value is -0.320. The number of amides is 1. The van der Waals surface area contributed by atoms with Crippen molar-refractivity contribution in [3.8, 4) is 0 Å². The van der Waals surface area contributed by atoms with Crippen LogP contribution in [0.5, 0.6) is 0 Å². The maximum Gasteiger partial charge on any atom is 0.239 e. The first-order valence-electron chi connectivity index (χ1n) is 3.41. The number of hydrazine groups is 1. The number of rotatable bonds is 3. The third kappa shape index (κ3) is 2.65. The van der Waals surface area contributed by atoms with E-state index in [0.717, 1.165) is 6.42 Å². The summed E-state index contributed by atoms with van der Waals surface area (Å²) in [6.07, 6.45) is 0.935. The lowest BCUT2D eigenvalue weighted by Crippen LogP contribution is -2.32. The average Bonchev–Trinajstić information content (AvgIpc) is 2.67. The zero-order valence-electron chi connectivity index (χ0n) is 6.37. The fourth-order valence-electron chi connectivity index (χ4n) is 0.953. The molecule has 0 aliphatic heterocycles. The van der Waals surface area contributed by atoms with Gasteiger partial charge in [0.15, 0.2) is 0 Å². The number of carbonyl (C=O) groups is 1. The molecule has 0 bridgehead atoms. The molecule has 11 heavy (non-hydrogen) atoms. The van der Waals surface area contributed by atoms with Gasteiger partial charge in [0, 0.05) is 6.61 Å². The maximum atomic E-state index is 10.7. The Morgan fingerprint density at radius 2 is 2.45 bits per heavy atom. The highest BCUT2D eigenvalue weighted by molar-refractivity contribution is 5.85. The van der Waals surface area contributed by atoms with Crippen LogP contribution >= 0.6 is 12.4 Å². The smallest absolute Gasteiger partial charge is 0.239 e. The number of nitrogens with one attached hydrogen (secondary N) is 1. The summed E-state index contributed by atoms with van der Waals surface area (Å²) in [4.78, 5) is 10.7. The van der Waals surface area contributed by atoms with Gasteiger partial charge in [0.25, 0.3) is 0 Å². The van der Waals surface area contributed by atoms with E-state index in [1.165, 1.54) is 0 Å². The first-order valence-corrected chi connectivity index (χ1v) is 3.41. The molecule has 66 valence electrons. The van der Waals surface area contributed by atoms with Crippen molar-refractivity contribution < 1.29 is 9.53 Å². The minimum absolute atomic E-state index is 0. The first kappa shape index (κ1) is 10.7. The standard InChI is InChI=1S/C6H12N2O2.ClH/c1-2-10-5-3-4(5)6(9)8-7;/h4-5H,2-3,7H2,1H3,(H,8,9);1H. The highest BCUT2D eigenvalue weighted by Crippen LogP contribution is 2.33. The third-order valence-corrected chi connectivity index (χ3v) is 1.59. The molecule has 1 amide bonds. The zero-order chi connectivity index (χ0) is 7.56. The van der Waals surface area contributed by atoms with Crippen LogP contribution in [0, 0.1) is 5.92 Å². The Kier molecular flexibility index (Phi) is 4.40. The van der Waals surface area contributed by atoms with E-state index in [-0.39, 0.29) is 30.3 Å². The van der Waals surface area contributed by atoms with E-state index in [2.05, 4.69) is 5.43 Å². The van der Waals surface area contributed by atoms with Crippen LogP contribution in [0.4, 0.5) is 0 Å². The summed E-state index contributed by atoms with van der Waals surface area (Å²) >= 11 is 0. The topological polar surface area (TPSA) is 64.3 Å². The highest BCUT2D eigenvalue weighted by Gasteiger charge is 2.43. The normalized spacial score (nSPS) is 27.1. The largest absolute Gasteiger partial charge is 0.378 e. The Labute approximate surface area is 71.8 Å². The van der Waals surface area contributed by atoms with Gasteiger partial charge in [-0.1, -0.05) is 0 Å². The van der Waals surface area contributed by atoms with E-state index in [1.807, 2.05) is 6.92 Å². The Bertz CT molecular complexity index is 143. The molecule has 0 spiro atoms. The molecule has 1 fully saturated rings. The molecule has 0 saturated heterocycles. The van der Waals surface area contributed by atoms with Gasteiger partial charge in [-0.15, -0.1) is 12.4 Å². The molecule has 1 saturated carbocycles. The molecule has 2 unspecified atom stereocenters. The lowest BCUT2D eigenvalue weighted by Gasteiger charge is -1.97. The van der Waals surface area contributed by atoms with Crippen molar-refractivity contribution in [3.63, 3.8) is 0 Å². The van der Waals surface area contributed by atoms with E-state index in [0.29, 0.717) is 6.61 Å². The van der Waals surface area contributed by atoms with E-state index in [4.69, 9.17) is 10.6 Å². The molecule has 0 aromatic rings.